The molecule has 3 unspecified atom stereocenters. The van der Waals surface area contributed by atoms with Crippen molar-refractivity contribution in [2.45, 2.75) is 32.2 Å². The molecule has 3 N–H and O–H groups in total. The van der Waals surface area contributed by atoms with Crippen molar-refractivity contribution in [2.75, 3.05) is 0 Å². The van der Waals surface area contributed by atoms with Crippen LogP contribution in [-0.2, 0) is 9.63 Å². The lowest BCUT2D eigenvalue weighted by Crippen LogP contribution is -2.47. The lowest BCUT2D eigenvalue weighted by molar-refractivity contribution is -0.124. The standard InChI is InChI=1S/C10H17N3O2/c1-7-2-3-8(10(11)14)6-9(7)13-4-5-15-12-13/h4-5,7-9,12H,2-3,6H2,1H3,(H2,11,14). The lowest BCUT2D eigenvalue weighted by atomic mass is 9.78. The maximum atomic E-state index is 11.2. The lowest BCUT2D eigenvalue weighted by Gasteiger charge is -2.37. The van der Waals surface area contributed by atoms with E-state index in [9.17, 15) is 4.79 Å². The van der Waals surface area contributed by atoms with Crippen LogP contribution in [0.2, 0.25) is 0 Å². The second-order valence-corrected chi connectivity index (χ2v) is 4.36. The van der Waals surface area contributed by atoms with E-state index in [1.165, 1.54) is 0 Å². The predicted molar refractivity (Wildman–Crippen MR) is 54.7 cm³/mol. The Bertz CT molecular complexity index is 280. The molecule has 0 spiro atoms. The molecule has 1 saturated carbocycles. The Kier molecular flexibility index (Phi) is 2.81. The van der Waals surface area contributed by atoms with Crippen molar-refractivity contribution in [3.05, 3.63) is 12.5 Å². The SMILES string of the molecule is CC1CCC(C(N)=O)CC1N1C=CON1. The minimum absolute atomic E-state index is 0.00185. The third kappa shape index (κ3) is 2.07. The zero-order valence-corrected chi connectivity index (χ0v) is 8.85. The topological polar surface area (TPSA) is 67.6 Å². The monoisotopic (exact) mass is 211 g/mol. The molecule has 0 aromatic carbocycles. The van der Waals surface area contributed by atoms with Gasteiger partial charge in [0.2, 0.25) is 5.91 Å². The number of nitrogens with two attached hydrogens (primary N) is 1. The van der Waals surface area contributed by atoms with E-state index in [2.05, 4.69) is 12.5 Å². The molecular formula is C10H17N3O2. The van der Waals surface area contributed by atoms with Crippen molar-refractivity contribution in [2.24, 2.45) is 17.6 Å². The van der Waals surface area contributed by atoms with Crippen LogP contribution in [0, 0.1) is 11.8 Å². The van der Waals surface area contributed by atoms with Gasteiger partial charge in [0, 0.05) is 5.92 Å². The molecule has 1 aliphatic heterocycles. The van der Waals surface area contributed by atoms with E-state index >= 15 is 0 Å². The van der Waals surface area contributed by atoms with Crippen LogP contribution in [0.3, 0.4) is 0 Å². The number of primary amides is 1. The zero-order valence-electron chi connectivity index (χ0n) is 8.85. The molecule has 1 aliphatic carbocycles. The molecule has 84 valence electrons. The first kappa shape index (κ1) is 10.3. The quantitative estimate of drug-likeness (QED) is 0.698. The van der Waals surface area contributed by atoms with Crippen LogP contribution in [0.5, 0.6) is 0 Å². The minimum atomic E-state index is -0.184. The van der Waals surface area contributed by atoms with E-state index in [1.54, 1.807) is 6.26 Å². The summed E-state index contributed by atoms with van der Waals surface area (Å²) < 4.78 is 0. The van der Waals surface area contributed by atoms with E-state index in [4.69, 9.17) is 10.6 Å². The summed E-state index contributed by atoms with van der Waals surface area (Å²) in [4.78, 5) is 16.1. The summed E-state index contributed by atoms with van der Waals surface area (Å²) in [6, 6.07) is 0.287. The second kappa shape index (κ2) is 4.10. The van der Waals surface area contributed by atoms with Crippen LogP contribution in [0.4, 0.5) is 0 Å². The van der Waals surface area contributed by atoms with Gasteiger partial charge >= 0.3 is 0 Å². The molecule has 0 radical (unpaired) electrons. The van der Waals surface area contributed by atoms with E-state index in [-0.39, 0.29) is 17.9 Å². The molecule has 1 fully saturated rings. The summed E-state index contributed by atoms with van der Waals surface area (Å²) in [7, 11) is 0. The highest BCUT2D eigenvalue weighted by atomic mass is 16.7. The number of nitrogens with zero attached hydrogens (tertiary/aromatic N) is 1. The third-order valence-electron chi connectivity index (χ3n) is 3.36. The van der Waals surface area contributed by atoms with Gasteiger partial charge in [-0.1, -0.05) is 12.5 Å². The number of nitrogens with one attached hydrogen (secondary N) is 1. The summed E-state index contributed by atoms with van der Waals surface area (Å²) in [5.74, 6) is 0.359. The number of hydrazine groups is 1. The first-order chi connectivity index (χ1) is 7.18. The molecule has 2 rings (SSSR count). The van der Waals surface area contributed by atoms with Gasteiger partial charge in [-0.05, 0) is 25.2 Å². The Labute approximate surface area is 89.2 Å². The van der Waals surface area contributed by atoms with Crippen molar-refractivity contribution >= 4 is 5.91 Å². The average Bonchev–Trinajstić information content (AvgIpc) is 2.71. The number of carbonyl (C=O) groups excluding carboxylic acids is 1. The zero-order chi connectivity index (χ0) is 10.8. The van der Waals surface area contributed by atoms with Crippen molar-refractivity contribution < 1.29 is 9.63 Å². The number of rotatable bonds is 2. The van der Waals surface area contributed by atoms with Gasteiger partial charge in [0.15, 0.2) is 0 Å². The minimum Gasteiger partial charge on any atom is -0.395 e. The van der Waals surface area contributed by atoms with Crippen molar-refractivity contribution in [3.8, 4) is 0 Å². The summed E-state index contributed by atoms with van der Waals surface area (Å²) >= 11 is 0. The molecule has 1 heterocycles. The van der Waals surface area contributed by atoms with Crippen molar-refractivity contribution in [1.82, 2.24) is 10.6 Å². The summed E-state index contributed by atoms with van der Waals surface area (Å²) in [6.07, 6.45) is 6.19. The fourth-order valence-electron chi connectivity index (χ4n) is 2.34. The Hall–Kier alpha value is -1.23. The normalized spacial score (nSPS) is 35.3. The molecule has 0 aromatic rings. The van der Waals surface area contributed by atoms with Crippen LogP contribution < -0.4 is 11.3 Å². The molecule has 1 amide bonds. The first-order valence-corrected chi connectivity index (χ1v) is 5.34. The highest BCUT2D eigenvalue weighted by Crippen LogP contribution is 2.32. The molecule has 5 heteroatoms. The molecule has 3 atom stereocenters. The van der Waals surface area contributed by atoms with Crippen molar-refractivity contribution in [3.63, 3.8) is 0 Å². The highest BCUT2D eigenvalue weighted by molar-refractivity contribution is 5.76. The summed E-state index contributed by atoms with van der Waals surface area (Å²) in [5.41, 5.74) is 8.13. The summed E-state index contributed by atoms with van der Waals surface area (Å²) in [6.45, 7) is 2.19. The van der Waals surface area contributed by atoms with Gasteiger partial charge in [0.1, 0.15) is 6.26 Å². The number of amides is 1. The van der Waals surface area contributed by atoms with Gasteiger partial charge in [-0.25, -0.2) is 0 Å². The fraction of sp³-hybridized carbons (Fsp3) is 0.700. The van der Waals surface area contributed by atoms with Crippen LogP contribution in [0.1, 0.15) is 26.2 Å². The van der Waals surface area contributed by atoms with Gasteiger partial charge in [0.05, 0.1) is 12.2 Å². The molecule has 5 nitrogen and oxygen atoms in total. The molecule has 2 aliphatic rings. The van der Waals surface area contributed by atoms with Crippen LogP contribution in [0.15, 0.2) is 12.5 Å². The number of hydrogen-bond acceptors (Lipinski definition) is 4. The van der Waals surface area contributed by atoms with Crippen LogP contribution >= 0.6 is 0 Å². The number of hydrogen-bond donors (Lipinski definition) is 2. The Morgan fingerprint density at radius 3 is 3.00 bits per heavy atom. The Balaban J connectivity index is 2.01. The van der Waals surface area contributed by atoms with Gasteiger partial charge in [0.25, 0.3) is 0 Å². The average molecular weight is 211 g/mol. The number of carbonyl (C=O) groups is 1. The smallest absolute Gasteiger partial charge is 0.220 e. The second-order valence-electron chi connectivity index (χ2n) is 4.36. The van der Waals surface area contributed by atoms with Gasteiger partial charge in [-0.2, -0.15) is 0 Å². The summed E-state index contributed by atoms with van der Waals surface area (Å²) in [5, 5.41) is 1.92. The fourth-order valence-corrected chi connectivity index (χ4v) is 2.34. The molecule has 0 saturated heterocycles. The molecular weight excluding hydrogens is 194 g/mol. The third-order valence-corrected chi connectivity index (χ3v) is 3.36. The first-order valence-electron chi connectivity index (χ1n) is 5.34. The van der Waals surface area contributed by atoms with Crippen molar-refractivity contribution in [1.29, 1.82) is 0 Å². The van der Waals surface area contributed by atoms with E-state index < -0.39 is 0 Å². The van der Waals surface area contributed by atoms with E-state index in [0.717, 1.165) is 19.3 Å². The predicted octanol–water partition coefficient (Wildman–Crippen LogP) is 0.500. The van der Waals surface area contributed by atoms with Crippen LogP contribution in [0.25, 0.3) is 0 Å². The largest absolute Gasteiger partial charge is 0.395 e. The van der Waals surface area contributed by atoms with Gasteiger partial charge < -0.3 is 10.6 Å². The Morgan fingerprint density at radius 2 is 2.40 bits per heavy atom. The molecule has 0 aromatic heterocycles. The van der Waals surface area contributed by atoms with E-state index in [0.29, 0.717) is 5.92 Å². The van der Waals surface area contributed by atoms with Gasteiger partial charge in [-0.15, -0.1) is 0 Å². The molecule has 0 bridgehead atoms. The van der Waals surface area contributed by atoms with Crippen LogP contribution in [-0.4, -0.2) is 17.0 Å². The van der Waals surface area contributed by atoms with E-state index in [1.807, 2.05) is 11.2 Å². The molecule has 15 heavy (non-hydrogen) atoms. The maximum Gasteiger partial charge on any atom is 0.220 e. The maximum absolute atomic E-state index is 11.2. The highest BCUT2D eigenvalue weighted by Gasteiger charge is 2.34. The Morgan fingerprint density at radius 1 is 1.60 bits per heavy atom. The van der Waals surface area contributed by atoms with Gasteiger partial charge in [-0.3, -0.25) is 9.80 Å².